The second-order valence-corrected chi connectivity index (χ2v) is 10.2. The number of sulfone groups is 1. The first-order valence-electron chi connectivity index (χ1n) is 9.22. The summed E-state index contributed by atoms with van der Waals surface area (Å²) in [5, 5.41) is 11.0. The molecule has 0 bridgehead atoms. The van der Waals surface area contributed by atoms with Gasteiger partial charge in [-0.05, 0) is 56.1 Å². The van der Waals surface area contributed by atoms with Gasteiger partial charge in [-0.3, -0.25) is 4.90 Å². The normalized spacial score (nSPS) is 28.5. The Kier molecular flexibility index (Phi) is 4.22. The van der Waals surface area contributed by atoms with Crippen LogP contribution in [0.25, 0.3) is 0 Å². The summed E-state index contributed by atoms with van der Waals surface area (Å²) in [7, 11) is -2.95. The van der Waals surface area contributed by atoms with E-state index in [-0.39, 0.29) is 11.5 Å². The Morgan fingerprint density at radius 1 is 1.12 bits per heavy atom. The Labute approximate surface area is 144 Å². The largest absolute Gasteiger partial charge is 0.388 e. The van der Waals surface area contributed by atoms with E-state index < -0.39 is 15.4 Å². The molecule has 1 aromatic carbocycles. The van der Waals surface area contributed by atoms with Crippen molar-refractivity contribution in [1.29, 1.82) is 0 Å². The second kappa shape index (κ2) is 6.11. The van der Waals surface area contributed by atoms with Gasteiger partial charge in [0.1, 0.15) is 0 Å². The van der Waals surface area contributed by atoms with Crippen molar-refractivity contribution in [2.24, 2.45) is 0 Å². The first-order valence-corrected chi connectivity index (χ1v) is 11.0. The van der Waals surface area contributed by atoms with Gasteiger partial charge in [-0.25, -0.2) is 8.42 Å². The van der Waals surface area contributed by atoms with Crippen molar-refractivity contribution in [3.05, 3.63) is 35.4 Å². The first kappa shape index (κ1) is 16.6. The number of hydrogen-bond acceptors (Lipinski definition) is 4. The highest BCUT2D eigenvalue weighted by Gasteiger charge is 2.43. The summed E-state index contributed by atoms with van der Waals surface area (Å²) in [6.07, 6.45) is 6.65. The summed E-state index contributed by atoms with van der Waals surface area (Å²) in [6.45, 7) is 0.617. The predicted octanol–water partition coefficient (Wildman–Crippen LogP) is 2.47. The van der Waals surface area contributed by atoms with Crippen molar-refractivity contribution in [2.75, 3.05) is 18.1 Å². The van der Waals surface area contributed by atoms with Gasteiger partial charge in [0.05, 0.1) is 17.1 Å². The van der Waals surface area contributed by atoms with Crippen LogP contribution in [0.2, 0.25) is 0 Å². The number of aliphatic hydroxyl groups is 1. The zero-order chi connectivity index (χ0) is 16.8. The minimum absolute atomic E-state index is 0.128. The van der Waals surface area contributed by atoms with Crippen molar-refractivity contribution < 1.29 is 13.5 Å². The Morgan fingerprint density at radius 2 is 1.83 bits per heavy atom. The summed E-state index contributed by atoms with van der Waals surface area (Å²) >= 11 is 0. The molecule has 1 aromatic rings. The molecule has 3 aliphatic rings. The number of rotatable bonds is 4. The third kappa shape index (κ3) is 3.39. The second-order valence-electron chi connectivity index (χ2n) is 7.89. The van der Waals surface area contributed by atoms with Crippen LogP contribution in [0.4, 0.5) is 0 Å². The Bertz CT molecular complexity index is 697. The fourth-order valence-electron chi connectivity index (χ4n) is 4.39. The molecule has 4 nitrogen and oxygen atoms in total. The quantitative estimate of drug-likeness (QED) is 0.907. The maximum absolute atomic E-state index is 11.7. The molecule has 0 amide bonds. The average Bonchev–Trinajstić information content (AvgIpc) is 3.41. The van der Waals surface area contributed by atoms with Crippen LogP contribution in [0.3, 0.4) is 0 Å². The predicted molar refractivity (Wildman–Crippen MR) is 94.7 cm³/mol. The van der Waals surface area contributed by atoms with Gasteiger partial charge in [-0.15, -0.1) is 0 Å². The SMILES string of the molecule is O=S1(=O)CCC(O)(CN(C2CC2)[C@H]2CCCc3ccccc32)CC1. The Hall–Kier alpha value is -0.910. The van der Waals surface area contributed by atoms with Crippen LogP contribution >= 0.6 is 0 Å². The minimum Gasteiger partial charge on any atom is -0.388 e. The van der Waals surface area contributed by atoms with Gasteiger partial charge >= 0.3 is 0 Å². The van der Waals surface area contributed by atoms with E-state index in [0.717, 1.165) is 12.8 Å². The van der Waals surface area contributed by atoms with E-state index in [0.29, 0.717) is 31.5 Å². The standard InChI is InChI=1S/C19H27NO3S/c21-19(10-12-24(22,23)13-11-19)14-20(16-8-9-16)18-7-3-5-15-4-1-2-6-17(15)18/h1-2,4,6,16,18,21H,3,5,7-14H2/t18-/m0/s1. The third-order valence-electron chi connectivity index (χ3n) is 5.99. The molecular formula is C19H27NO3S. The maximum atomic E-state index is 11.7. The van der Waals surface area contributed by atoms with Crippen molar-refractivity contribution in [2.45, 2.75) is 62.6 Å². The van der Waals surface area contributed by atoms with Crippen molar-refractivity contribution >= 4 is 9.84 Å². The van der Waals surface area contributed by atoms with Crippen LogP contribution in [0.15, 0.2) is 24.3 Å². The molecule has 0 spiro atoms. The fourth-order valence-corrected chi connectivity index (χ4v) is 5.97. The highest BCUT2D eigenvalue weighted by molar-refractivity contribution is 7.91. The van der Waals surface area contributed by atoms with E-state index in [9.17, 15) is 13.5 Å². The molecule has 5 heteroatoms. The van der Waals surface area contributed by atoms with Gasteiger partial charge < -0.3 is 5.11 Å². The van der Waals surface area contributed by atoms with E-state index in [1.165, 1.54) is 30.4 Å². The zero-order valence-corrected chi connectivity index (χ0v) is 15.0. The lowest BCUT2D eigenvalue weighted by Gasteiger charge is -2.42. The lowest BCUT2D eigenvalue weighted by Crippen LogP contribution is -2.50. The molecule has 2 fully saturated rings. The van der Waals surface area contributed by atoms with Gasteiger partial charge in [-0.1, -0.05) is 24.3 Å². The van der Waals surface area contributed by atoms with E-state index in [1.54, 1.807) is 0 Å². The van der Waals surface area contributed by atoms with E-state index in [2.05, 4.69) is 29.2 Å². The number of benzene rings is 1. The van der Waals surface area contributed by atoms with Crippen LogP contribution in [0.5, 0.6) is 0 Å². The maximum Gasteiger partial charge on any atom is 0.150 e. The molecule has 2 aliphatic carbocycles. The molecule has 1 heterocycles. The van der Waals surface area contributed by atoms with Gasteiger partial charge in [-0.2, -0.15) is 0 Å². The molecule has 0 radical (unpaired) electrons. The molecular weight excluding hydrogens is 322 g/mol. The molecule has 132 valence electrons. The molecule has 0 unspecified atom stereocenters. The highest BCUT2D eigenvalue weighted by atomic mass is 32.2. The van der Waals surface area contributed by atoms with Gasteiger partial charge in [0.25, 0.3) is 0 Å². The molecule has 1 saturated carbocycles. The summed E-state index contributed by atoms with van der Waals surface area (Å²) in [6, 6.07) is 9.64. The number of hydrogen-bond donors (Lipinski definition) is 1. The van der Waals surface area contributed by atoms with Gasteiger partial charge in [0, 0.05) is 18.6 Å². The summed E-state index contributed by atoms with van der Waals surface area (Å²) < 4.78 is 23.4. The molecule has 1 aliphatic heterocycles. The van der Waals surface area contributed by atoms with Crippen molar-refractivity contribution in [3.8, 4) is 0 Å². The summed E-state index contributed by atoms with van der Waals surface area (Å²) in [4.78, 5) is 2.50. The van der Waals surface area contributed by atoms with Crippen LogP contribution < -0.4 is 0 Å². The Morgan fingerprint density at radius 3 is 2.54 bits per heavy atom. The molecule has 24 heavy (non-hydrogen) atoms. The van der Waals surface area contributed by atoms with Crippen LogP contribution in [0.1, 0.15) is 55.7 Å². The molecule has 1 N–H and O–H groups in total. The van der Waals surface area contributed by atoms with E-state index in [4.69, 9.17) is 0 Å². The molecule has 4 rings (SSSR count). The van der Waals surface area contributed by atoms with Gasteiger partial charge in [0.2, 0.25) is 0 Å². The summed E-state index contributed by atoms with van der Waals surface area (Å²) in [5.74, 6) is 0.256. The number of nitrogens with zero attached hydrogens (tertiary/aromatic N) is 1. The lowest BCUT2D eigenvalue weighted by atomic mass is 9.85. The van der Waals surface area contributed by atoms with Crippen LogP contribution in [-0.4, -0.2) is 48.1 Å². The molecule has 1 atom stereocenters. The van der Waals surface area contributed by atoms with Gasteiger partial charge in [0.15, 0.2) is 9.84 Å². The lowest BCUT2D eigenvalue weighted by molar-refractivity contribution is -0.0221. The fraction of sp³-hybridized carbons (Fsp3) is 0.684. The van der Waals surface area contributed by atoms with Crippen molar-refractivity contribution in [3.63, 3.8) is 0 Å². The third-order valence-corrected chi connectivity index (χ3v) is 7.64. The van der Waals surface area contributed by atoms with E-state index >= 15 is 0 Å². The van der Waals surface area contributed by atoms with Crippen LogP contribution in [0, 0.1) is 0 Å². The van der Waals surface area contributed by atoms with Crippen LogP contribution in [-0.2, 0) is 16.3 Å². The number of fused-ring (bicyclic) bond motifs is 1. The highest BCUT2D eigenvalue weighted by Crippen LogP contribution is 2.42. The first-order chi connectivity index (χ1) is 11.5. The number of aryl methyl sites for hydroxylation is 1. The Balaban J connectivity index is 1.56. The average molecular weight is 349 g/mol. The molecule has 1 saturated heterocycles. The monoisotopic (exact) mass is 349 g/mol. The topological polar surface area (TPSA) is 57.6 Å². The minimum atomic E-state index is -2.95. The molecule has 0 aromatic heterocycles. The smallest absolute Gasteiger partial charge is 0.150 e. The summed E-state index contributed by atoms with van der Waals surface area (Å²) in [5.41, 5.74) is 2.01. The van der Waals surface area contributed by atoms with Crippen molar-refractivity contribution in [1.82, 2.24) is 4.90 Å². The van der Waals surface area contributed by atoms with E-state index in [1.807, 2.05) is 0 Å². The zero-order valence-electron chi connectivity index (χ0n) is 14.2.